The van der Waals surface area contributed by atoms with Crippen LogP contribution in [0.15, 0.2) is 35.1 Å². The number of hydrogen-bond acceptors (Lipinski definition) is 3. The molecule has 19 heavy (non-hydrogen) atoms. The summed E-state index contributed by atoms with van der Waals surface area (Å²) in [5.74, 6) is 0.672. The zero-order chi connectivity index (χ0) is 13.4. The van der Waals surface area contributed by atoms with Gasteiger partial charge in [0.15, 0.2) is 5.82 Å². The molecule has 0 fully saturated rings. The fraction of sp³-hybridized carbons (Fsp3) is 0.214. The minimum atomic E-state index is 0.672. The van der Waals surface area contributed by atoms with Gasteiger partial charge < -0.3 is 4.57 Å². The van der Waals surface area contributed by atoms with E-state index < -0.39 is 0 Å². The minimum Gasteiger partial charge on any atom is -0.331 e. The van der Waals surface area contributed by atoms with Crippen LogP contribution in [0.1, 0.15) is 12.6 Å². The van der Waals surface area contributed by atoms with Gasteiger partial charge in [0.05, 0.1) is 11.1 Å². The molecule has 4 nitrogen and oxygen atoms in total. The topological polar surface area (TPSA) is 43.6 Å². The first-order chi connectivity index (χ1) is 9.20. The van der Waals surface area contributed by atoms with Crippen molar-refractivity contribution in [1.82, 2.24) is 19.5 Å². The standard InChI is InChI=1S/C14H13BrN4/c1-3-19-8-10(15)12-9(2)17-13(18-14(12)19)11-6-4-5-7-16-11/h4-8H,3H2,1-2H3. The van der Waals surface area contributed by atoms with Gasteiger partial charge in [-0.25, -0.2) is 9.97 Å². The van der Waals surface area contributed by atoms with E-state index in [0.29, 0.717) is 5.82 Å². The van der Waals surface area contributed by atoms with Crippen LogP contribution in [-0.2, 0) is 6.54 Å². The predicted molar refractivity (Wildman–Crippen MR) is 78.9 cm³/mol. The number of aromatic nitrogens is 4. The summed E-state index contributed by atoms with van der Waals surface area (Å²) in [4.78, 5) is 13.5. The smallest absolute Gasteiger partial charge is 0.180 e. The molecule has 0 aliphatic rings. The van der Waals surface area contributed by atoms with Crippen LogP contribution < -0.4 is 0 Å². The third-order valence-electron chi connectivity index (χ3n) is 3.09. The van der Waals surface area contributed by atoms with E-state index in [1.807, 2.05) is 25.1 Å². The van der Waals surface area contributed by atoms with Crippen LogP contribution in [0.3, 0.4) is 0 Å². The first-order valence-electron chi connectivity index (χ1n) is 6.15. The van der Waals surface area contributed by atoms with Crippen LogP contribution in [0, 0.1) is 6.92 Å². The van der Waals surface area contributed by atoms with Crippen molar-refractivity contribution in [2.24, 2.45) is 0 Å². The van der Waals surface area contributed by atoms with E-state index >= 15 is 0 Å². The van der Waals surface area contributed by atoms with Gasteiger partial charge in [-0.15, -0.1) is 0 Å². The Labute approximate surface area is 119 Å². The SMILES string of the molecule is CCn1cc(Br)c2c(C)nc(-c3ccccn3)nc21. The second kappa shape index (κ2) is 4.74. The number of nitrogens with zero attached hydrogens (tertiary/aromatic N) is 4. The van der Waals surface area contributed by atoms with Gasteiger partial charge in [0.1, 0.15) is 11.3 Å². The molecule has 0 saturated heterocycles. The number of halogens is 1. The maximum absolute atomic E-state index is 4.66. The number of aryl methyl sites for hydroxylation is 2. The molecular formula is C14H13BrN4. The van der Waals surface area contributed by atoms with Crippen LogP contribution in [0.25, 0.3) is 22.6 Å². The van der Waals surface area contributed by atoms with E-state index in [1.54, 1.807) is 6.20 Å². The first kappa shape index (κ1) is 12.3. The summed E-state index contributed by atoms with van der Waals surface area (Å²) < 4.78 is 3.15. The molecule has 0 aliphatic carbocycles. The van der Waals surface area contributed by atoms with Gasteiger partial charge in [0, 0.05) is 23.4 Å². The Hall–Kier alpha value is -1.75. The van der Waals surface area contributed by atoms with Crippen molar-refractivity contribution in [2.45, 2.75) is 20.4 Å². The summed E-state index contributed by atoms with van der Waals surface area (Å²) in [5, 5.41) is 1.07. The highest BCUT2D eigenvalue weighted by Crippen LogP contribution is 2.28. The summed E-state index contributed by atoms with van der Waals surface area (Å²) in [6, 6.07) is 5.76. The molecule has 3 heterocycles. The lowest BCUT2D eigenvalue weighted by Gasteiger charge is -2.04. The van der Waals surface area contributed by atoms with Crippen molar-refractivity contribution in [3.63, 3.8) is 0 Å². The zero-order valence-corrected chi connectivity index (χ0v) is 12.3. The highest BCUT2D eigenvalue weighted by molar-refractivity contribution is 9.10. The molecule has 5 heteroatoms. The summed E-state index contributed by atoms with van der Waals surface area (Å²) >= 11 is 3.57. The van der Waals surface area contributed by atoms with E-state index in [4.69, 9.17) is 0 Å². The maximum atomic E-state index is 4.66. The number of fused-ring (bicyclic) bond motifs is 1. The fourth-order valence-corrected chi connectivity index (χ4v) is 2.87. The van der Waals surface area contributed by atoms with E-state index in [0.717, 1.165) is 33.4 Å². The highest BCUT2D eigenvalue weighted by Gasteiger charge is 2.13. The van der Waals surface area contributed by atoms with Crippen LogP contribution in [-0.4, -0.2) is 19.5 Å². The average Bonchev–Trinajstić information content (AvgIpc) is 2.76. The molecule has 0 atom stereocenters. The number of hydrogen-bond donors (Lipinski definition) is 0. The molecule has 0 unspecified atom stereocenters. The lowest BCUT2D eigenvalue weighted by atomic mass is 10.2. The minimum absolute atomic E-state index is 0.672. The predicted octanol–water partition coefficient (Wildman–Crippen LogP) is 3.58. The van der Waals surface area contributed by atoms with E-state index in [1.165, 1.54) is 0 Å². The van der Waals surface area contributed by atoms with Gasteiger partial charge in [-0.05, 0) is 41.9 Å². The normalized spacial score (nSPS) is 11.1. The molecule has 0 N–H and O–H groups in total. The summed E-state index contributed by atoms with van der Waals surface area (Å²) in [7, 11) is 0. The highest BCUT2D eigenvalue weighted by atomic mass is 79.9. The molecule has 3 rings (SSSR count). The van der Waals surface area contributed by atoms with Gasteiger partial charge >= 0.3 is 0 Å². The van der Waals surface area contributed by atoms with E-state index in [-0.39, 0.29) is 0 Å². The van der Waals surface area contributed by atoms with Crippen molar-refractivity contribution in [3.05, 3.63) is 40.8 Å². The molecule has 3 aromatic heterocycles. The Morgan fingerprint density at radius 1 is 1.26 bits per heavy atom. The number of pyridine rings is 1. The Balaban J connectivity index is 2.30. The first-order valence-corrected chi connectivity index (χ1v) is 6.94. The average molecular weight is 317 g/mol. The number of rotatable bonds is 2. The van der Waals surface area contributed by atoms with Crippen molar-refractivity contribution in [2.75, 3.05) is 0 Å². The lowest BCUT2D eigenvalue weighted by molar-refractivity contribution is 0.785. The second-order valence-corrected chi connectivity index (χ2v) is 5.16. The molecule has 0 radical (unpaired) electrons. The molecule has 0 aromatic carbocycles. The van der Waals surface area contributed by atoms with Crippen molar-refractivity contribution in [3.8, 4) is 11.5 Å². The van der Waals surface area contributed by atoms with E-state index in [9.17, 15) is 0 Å². The van der Waals surface area contributed by atoms with Gasteiger partial charge in [-0.3, -0.25) is 4.98 Å². The maximum Gasteiger partial charge on any atom is 0.180 e. The molecule has 0 amide bonds. The largest absolute Gasteiger partial charge is 0.331 e. The van der Waals surface area contributed by atoms with Crippen molar-refractivity contribution >= 4 is 27.0 Å². The van der Waals surface area contributed by atoms with Crippen LogP contribution in [0.2, 0.25) is 0 Å². The summed E-state index contributed by atoms with van der Waals surface area (Å²) in [6.07, 6.45) is 3.81. The van der Waals surface area contributed by atoms with Gasteiger partial charge in [-0.2, -0.15) is 0 Å². The molecular weight excluding hydrogens is 304 g/mol. The van der Waals surface area contributed by atoms with Crippen LogP contribution in [0.4, 0.5) is 0 Å². The monoisotopic (exact) mass is 316 g/mol. The molecule has 3 aromatic rings. The van der Waals surface area contributed by atoms with Gasteiger partial charge in [-0.1, -0.05) is 6.07 Å². The third-order valence-corrected chi connectivity index (χ3v) is 3.69. The Morgan fingerprint density at radius 3 is 2.79 bits per heavy atom. The molecule has 96 valence electrons. The summed E-state index contributed by atoms with van der Waals surface area (Å²) in [6.45, 7) is 4.98. The molecule has 0 saturated carbocycles. The van der Waals surface area contributed by atoms with E-state index in [2.05, 4.69) is 48.6 Å². The zero-order valence-electron chi connectivity index (χ0n) is 10.8. The molecule has 0 bridgehead atoms. The Kier molecular flexibility index (Phi) is 3.06. The second-order valence-electron chi connectivity index (χ2n) is 4.31. The molecule has 0 spiro atoms. The lowest BCUT2D eigenvalue weighted by Crippen LogP contribution is -1.99. The van der Waals surface area contributed by atoms with Crippen LogP contribution in [0.5, 0.6) is 0 Å². The Morgan fingerprint density at radius 2 is 2.11 bits per heavy atom. The third kappa shape index (κ3) is 2.04. The quantitative estimate of drug-likeness (QED) is 0.725. The van der Waals surface area contributed by atoms with Gasteiger partial charge in [0.2, 0.25) is 0 Å². The van der Waals surface area contributed by atoms with Crippen molar-refractivity contribution in [1.29, 1.82) is 0 Å². The Bertz CT molecular complexity index is 734. The van der Waals surface area contributed by atoms with Crippen LogP contribution >= 0.6 is 15.9 Å². The van der Waals surface area contributed by atoms with Crippen molar-refractivity contribution < 1.29 is 0 Å². The summed E-state index contributed by atoms with van der Waals surface area (Å²) in [5.41, 5.74) is 2.71. The van der Waals surface area contributed by atoms with Gasteiger partial charge in [0.25, 0.3) is 0 Å². The molecule has 0 aliphatic heterocycles. The fourth-order valence-electron chi connectivity index (χ4n) is 2.16.